The molecule has 24 heavy (non-hydrogen) atoms. The minimum absolute atomic E-state index is 0.00477. The Bertz CT molecular complexity index is 671. The Hall–Kier alpha value is -2.28. The van der Waals surface area contributed by atoms with Crippen LogP contribution in [0.1, 0.15) is 48.1 Å². The first-order valence-electron chi connectivity index (χ1n) is 8.26. The van der Waals surface area contributed by atoms with Crippen LogP contribution in [-0.4, -0.2) is 51.7 Å². The average molecular weight is 330 g/mol. The second-order valence-electron chi connectivity index (χ2n) is 6.25. The number of rotatable bonds is 5. The lowest BCUT2D eigenvalue weighted by Crippen LogP contribution is -2.45. The molecular formula is C17H22N4O3. The molecular weight excluding hydrogens is 308 g/mol. The topological polar surface area (TPSA) is 81.4 Å². The molecule has 2 aromatic heterocycles. The Morgan fingerprint density at radius 1 is 1.46 bits per heavy atom. The maximum Gasteiger partial charge on any atom is 0.292 e. The number of aromatic nitrogens is 3. The van der Waals surface area contributed by atoms with Crippen molar-refractivity contribution in [2.24, 2.45) is 0 Å². The van der Waals surface area contributed by atoms with E-state index in [0.717, 1.165) is 24.2 Å². The second-order valence-corrected chi connectivity index (χ2v) is 6.25. The van der Waals surface area contributed by atoms with Gasteiger partial charge in [0.2, 0.25) is 5.76 Å². The van der Waals surface area contributed by atoms with E-state index in [-0.39, 0.29) is 17.9 Å². The summed E-state index contributed by atoms with van der Waals surface area (Å²) in [7, 11) is 0. The fourth-order valence-electron chi connectivity index (χ4n) is 2.67. The zero-order valence-corrected chi connectivity index (χ0v) is 14.0. The van der Waals surface area contributed by atoms with E-state index >= 15 is 0 Å². The number of hydrogen-bond donors (Lipinski definition) is 0. The van der Waals surface area contributed by atoms with Crippen molar-refractivity contribution in [2.75, 3.05) is 19.7 Å². The van der Waals surface area contributed by atoms with E-state index in [1.807, 2.05) is 19.9 Å². The third-order valence-corrected chi connectivity index (χ3v) is 4.12. The Labute approximate surface area is 141 Å². The van der Waals surface area contributed by atoms with Gasteiger partial charge in [0.05, 0.1) is 18.4 Å². The first-order valence-corrected chi connectivity index (χ1v) is 8.26. The van der Waals surface area contributed by atoms with Gasteiger partial charge in [0.15, 0.2) is 0 Å². The van der Waals surface area contributed by atoms with Crippen molar-refractivity contribution in [1.29, 1.82) is 0 Å². The molecule has 1 amide bonds. The molecule has 0 aliphatic carbocycles. The Morgan fingerprint density at radius 3 is 3.04 bits per heavy atom. The van der Waals surface area contributed by atoms with Gasteiger partial charge >= 0.3 is 0 Å². The van der Waals surface area contributed by atoms with Gasteiger partial charge < -0.3 is 14.2 Å². The van der Waals surface area contributed by atoms with Crippen LogP contribution in [0.4, 0.5) is 0 Å². The van der Waals surface area contributed by atoms with Gasteiger partial charge in [-0.25, -0.2) is 9.97 Å². The summed E-state index contributed by atoms with van der Waals surface area (Å²) in [6.45, 7) is 5.70. The van der Waals surface area contributed by atoms with Gasteiger partial charge in [-0.1, -0.05) is 19.0 Å². The fourth-order valence-corrected chi connectivity index (χ4v) is 2.67. The molecule has 7 heteroatoms. The van der Waals surface area contributed by atoms with Crippen molar-refractivity contribution in [1.82, 2.24) is 20.0 Å². The van der Waals surface area contributed by atoms with Gasteiger partial charge in [-0.3, -0.25) is 4.79 Å². The minimum atomic E-state index is -0.121. The molecule has 0 saturated carbocycles. The van der Waals surface area contributed by atoms with Gasteiger partial charge in [-0.05, 0) is 24.8 Å². The summed E-state index contributed by atoms with van der Waals surface area (Å²) in [5.41, 5.74) is 1.78. The van der Waals surface area contributed by atoms with Crippen LogP contribution in [0.5, 0.6) is 0 Å². The van der Waals surface area contributed by atoms with E-state index in [9.17, 15) is 4.79 Å². The molecule has 0 aromatic carbocycles. The van der Waals surface area contributed by atoms with Crippen molar-refractivity contribution in [3.63, 3.8) is 0 Å². The molecule has 3 rings (SSSR count). The van der Waals surface area contributed by atoms with Crippen molar-refractivity contribution in [3.8, 4) is 0 Å². The van der Waals surface area contributed by atoms with Gasteiger partial charge in [0, 0.05) is 31.0 Å². The molecule has 1 aliphatic heterocycles. The fraction of sp³-hybridized carbons (Fsp3) is 0.529. The van der Waals surface area contributed by atoms with Gasteiger partial charge in [-0.2, -0.15) is 0 Å². The van der Waals surface area contributed by atoms with Crippen molar-refractivity contribution in [2.45, 2.75) is 38.7 Å². The summed E-state index contributed by atoms with van der Waals surface area (Å²) in [6, 6.07) is 3.63. The summed E-state index contributed by atoms with van der Waals surface area (Å²) in [6.07, 6.45) is 4.90. The highest BCUT2D eigenvalue weighted by Crippen LogP contribution is 2.18. The number of ether oxygens (including phenoxy) is 1. The Morgan fingerprint density at radius 2 is 2.33 bits per heavy atom. The molecule has 0 unspecified atom stereocenters. The van der Waals surface area contributed by atoms with Crippen LogP contribution in [0, 0.1) is 0 Å². The average Bonchev–Trinajstić information content (AvgIpc) is 3.11. The van der Waals surface area contributed by atoms with Crippen LogP contribution in [0.2, 0.25) is 0 Å². The summed E-state index contributed by atoms with van der Waals surface area (Å²) in [5, 5.41) is 3.96. The van der Waals surface area contributed by atoms with E-state index < -0.39 is 0 Å². The van der Waals surface area contributed by atoms with Gasteiger partial charge in [0.25, 0.3) is 5.91 Å². The van der Waals surface area contributed by atoms with Crippen LogP contribution in [-0.2, 0) is 11.2 Å². The zero-order chi connectivity index (χ0) is 16.9. The first kappa shape index (κ1) is 16.6. The lowest BCUT2D eigenvalue weighted by Gasteiger charge is -2.32. The van der Waals surface area contributed by atoms with E-state index in [2.05, 4.69) is 15.1 Å². The number of morpholine rings is 1. The lowest BCUT2D eigenvalue weighted by atomic mass is 10.1. The maximum absolute atomic E-state index is 12.6. The number of aryl methyl sites for hydroxylation is 1. The van der Waals surface area contributed by atoms with Crippen molar-refractivity contribution in [3.05, 3.63) is 41.8 Å². The normalized spacial score (nSPS) is 18.1. The Kier molecular flexibility index (Phi) is 5.20. The van der Waals surface area contributed by atoms with Gasteiger partial charge in [0.1, 0.15) is 6.33 Å². The third kappa shape index (κ3) is 3.97. The van der Waals surface area contributed by atoms with Crippen LogP contribution < -0.4 is 0 Å². The second kappa shape index (κ2) is 7.53. The molecule has 0 radical (unpaired) electrons. The zero-order valence-electron chi connectivity index (χ0n) is 14.0. The SMILES string of the molecule is CC(C)c1cc(C(=O)N2CCO[C@H](CCc3ccncn3)C2)on1. The monoisotopic (exact) mass is 330 g/mol. The standard InChI is InChI=1S/C17H22N4O3/c1-12(2)15-9-16(24-20-15)17(22)21-7-8-23-14(10-21)4-3-13-5-6-18-11-19-13/h5-6,9,11-12,14H,3-4,7-8,10H2,1-2H3/t14-/m1/s1. The molecule has 1 atom stereocenters. The maximum atomic E-state index is 12.6. The first-order chi connectivity index (χ1) is 11.6. The molecule has 0 spiro atoms. The van der Waals surface area contributed by atoms with Crippen molar-refractivity contribution < 1.29 is 14.1 Å². The van der Waals surface area contributed by atoms with Crippen LogP contribution >= 0.6 is 0 Å². The van der Waals surface area contributed by atoms with Crippen LogP contribution in [0.15, 0.2) is 29.2 Å². The van der Waals surface area contributed by atoms with Crippen molar-refractivity contribution >= 4 is 5.91 Å². The van der Waals surface area contributed by atoms with E-state index in [1.165, 1.54) is 0 Å². The molecule has 128 valence electrons. The predicted octanol–water partition coefficient (Wildman–Crippen LogP) is 2.06. The molecule has 0 N–H and O–H groups in total. The largest absolute Gasteiger partial charge is 0.375 e. The van der Waals surface area contributed by atoms with Crippen LogP contribution in [0.25, 0.3) is 0 Å². The summed E-state index contributed by atoms with van der Waals surface area (Å²) < 4.78 is 11.0. The highest BCUT2D eigenvalue weighted by atomic mass is 16.5. The smallest absolute Gasteiger partial charge is 0.292 e. The molecule has 3 heterocycles. The number of carbonyl (C=O) groups is 1. The molecule has 7 nitrogen and oxygen atoms in total. The minimum Gasteiger partial charge on any atom is -0.375 e. The third-order valence-electron chi connectivity index (χ3n) is 4.12. The van der Waals surface area contributed by atoms with E-state index in [0.29, 0.717) is 25.5 Å². The van der Waals surface area contributed by atoms with Crippen LogP contribution in [0.3, 0.4) is 0 Å². The van der Waals surface area contributed by atoms with E-state index in [4.69, 9.17) is 9.26 Å². The van der Waals surface area contributed by atoms with Gasteiger partial charge in [-0.15, -0.1) is 0 Å². The van der Waals surface area contributed by atoms with E-state index in [1.54, 1.807) is 23.5 Å². The lowest BCUT2D eigenvalue weighted by molar-refractivity contribution is -0.0258. The molecule has 2 aromatic rings. The predicted molar refractivity (Wildman–Crippen MR) is 86.6 cm³/mol. The molecule has 1 aliphatic rings. The Balaban J connectivity index is 1.57. The summed E-state index contributed by atoms with van der Waals surface area (Å²) in [4.78, 5) is 22.5. The highest BCUT2D eigenvalue weighted by molar-refractivity contribution is 5.91. The quantitative estimate of drug-likeness (QED) is 0.835. The number of nitrogens with zero attached hydrogens (tertiary/aromatic N) is 4. The molecule has 0 bridgehead atoms. The number of amides is 1. The highest BCUT2D eigenvalue weighted by Gasteiger charge is 2.27. The molecule has 1 saturated heterocycles. The number of hydrogen-bond acceptors (Lipinski definition) is 6. The molecule has 1 fully saturated rings. The summed E-state index contributed by atoms with van der Waals surface area (Å²) in [5.74, 6) is 0.417. The number of carbonyl (C=O) groups excluding carboxylic acids is 1. The summed E-state index contributed by atoms with van der Waals surface area (Å²) >= 11 is 0.